The van der Waals surface area contributed by atoms with E-state index in [4.69, 9.17) is 14.2 Å². The van der Waals surface area contributed by atoms with E-state index < -0.39 is 60.6 Å². The largest absolute Gasteiger partial charge is 0.478 e. The first-order chi connectivity index (χ1) is 9.90. The van der Waals surface area contributed by atoms with E-state index >= 15 is 0 Å². The van der Waals surface area contributed by atoms with Crippen molar-refractivity contribution in [3.8, 4) is 0 Å². The minimum Gasteiger partial charge on any atom is -0.478 e. The second kappa shape index (κ2) is 6.39. The molecule has 0 radical (unpaired) electrons. The third kappa shape index (κ3) is 5.40. The van der Waals surface area contributed by atoms with Gasteiger partial charge in [0, 0.05) is 0 Å². The molecule has 0 atom stereocenters. The molecule has 0 spiro atoms. The molecule has 22 heavy (non-hydrogen) atoms. The Morgan fingerprint density at radius 3 is 2.00 bits per heavy atom. The molecule has 0 amide bonds. The number of carboxylic acids is 1. The molecule has 12 heteroatoms. The number of aromatic carboxylic acids is 1. The van der Waals surface area contributed by atoms with E-state index in [1.54, 1.807) is 0 Å². The molecule has 0 bridgehead atoms. The van der Waals surface area contributed by atoms with Gasteiger partial charge in [0.15, 0.2) is 0 Å². The highest BCUT2D eigenvalue weighted by molar-refractivity contribution is 7.86. The molecule has 122 valence electrons. The lowest BCUT2D eigenvalue weighted by Gasteiger charge is -2.06. The van der Waals surface area contributed by atoms with Crippen LogP contribution in [0.15, 0.2) is 23.1 Å². The van der Waals surface area contributed by atoms with E-state index in [9.17, 15) is 26.4 Å². The first kappa shape index (κ1) is 18.0. The van der Waals surface area contributed by atoms with Gasteiger partial charge in [-0.2, -0.15) is 16.8 Å². The zero-order chi connectivity index (χ0) is 17.1. The normalized spacial score (nSPS) is 11.9. The van der Waals surface area contributed by atoms with Gasteiger partial charge in [-0.25, -0.2) is 9.59 Å². The first-order valence-electron chi connectivity index (χ1n) is 5.38. The highest BCUT2D eigenvalue weighted by Gasteiger charge is 2.19. The molecule has 0 saturated carbocycles. The number of hydrogen-bond donors (Lipinski definition) is 3. The summed E-state index contributed by atoms with van der Waals surface area (Å²) >= 11 is 0. The smallest absolute Gasteiger partial charge is 0.338 e. The molecule has 1 aromatic carbocycles. The maximum atomic E-state index is 11.6. The topological polar surface area (TPSA) is 172 Å². The molecule has 3 N–H and O–H groups in total. The summed E-state index contributed by atoms with van der Waals surface area (Å²) in [7, 11) is -9.13. The van der Waals surface area contributed by atoms with E-state index in [2.05, 4.69) is 4.74 Å². The Kier molecular flexibility index (Phi) is 5.24. The van der Waals surface area contributed by atoms with Crippen molar-refractivity contribution in [3.05, 3.63) is 29.3 Å². The summed E-state index contributed by atoms with van der Waals surface area (Å²) in [5, 5.41) is 8.82. The van der Waals surface area contributed by atoms with E-state index in [1.807, 2.05) is 0 Å². The van der Waals surface area contributed by atoms with E-state index in [-0.39, 0.29) is 0 Å². The summed E-state index contributed by atoms with van der Waals surface area (Å²) in [4.78, 5) is 21.6. The van der Waals surface area contributed by atoms with Crippen LogP contribution in [0.2, 0.25) is 0 Å². The van der Waals surface area contributed by atoms with Crippen LogP contribution >= 0.6 is 0 Å². The molecule has 0 aliphatic heterocycles. The van der Waals surface area contributed by atoms with Crippen LogP contribution in [0, 0.1) is 0 Å². The average molecular weight is 354 g/mol. The molecule has 0 aliphatic carbocycles. The molecule has 0 aromatic heterocycles. The van der Waals surface area contributed by atoms with Gasteiger partial charge in [-0.1, -0.05) is 0 Å². The van der Waals surface area contributed by atoms with Crippen molar-refractivity contribution < 1.29 is 45.4 Å². The van der Waals surface area contributed by atoms with Crippen LogP contribution in [0.4, 0.5) is 0 Å². The van der Waals surface area contributed by atoms with Crippen molar-refractivity contribution in [2.24, 2.45) is 0 Å². The monoisotopic (exact) mass is 354 g/mol. The minimum absolute atomic E-state index is 0.525. The number of carboxylic acid groups (broad SMARTS) is 1. The molecule has 0 saturated heterocycles. The van der Waals surface area contributed by atoms with Crippen molar-refractivity contribution in [3.63, 3.8) is 0 Å². The molecule has 1 rings (SSSR count). The number of carbonyl (C=O) groups is 2. The Balaban J connectivity index is 3.10. The first-order valence-corrected chi connectivity index (χ1v) is 8.43. The van der Waals surface area contributed by atoms with Gasteiger partial charge in [0.2, 0.25) is 0 Å². The van der Waals surface area contributed by atoms with Crippen LogP contribution in [0.5, 0.6) is 0 Å². The van der Waals surface area contributed by atoms with Crippen molar-refractivity contribution >= 4 is 32.2 Å². The van der Waals surface area contributed by atoms with Crippen LogP contribution < -0.4 is 0 Å². The van der Waals surface area contributed by atoms with Gasteiger partial charge in [0.05, 0.1) is 16.0 Å². The third-order valence-corrected chi connectivity index (χ3v) is 3.78. The van der Waals surface area contributed by atoms with Crippen LogP contribution in [0.1, 0.15) is 20.7 Å². The summed E-state index contributed by atoms with van der Waals surface area (Å²) in [6.45, 7) is -0.726. The van der Waals surface area contributed by atoms with Gasteiger partial charge >= 0.3 is 11.9 Å². The number of esters is 1. The van der Waals surface area contributed by atoms with E-state index in [0.717, 1.165) is 6.07 Å². The Morgan fingerprint density at radius 2 is 1.55 bits per heavy atom. The summed E-state index contributed by atoms with van der Waals surface area (Å²) in [6, 6.07) is 2.08. The summed E-state index contributed by atoms with van der Waals surface area (Å²) < 4.78 is 64.8. The predicted octanol–water partition coefficient (Wildman–Crippen LogP) is -0.324. The molecule has 1 aromatic rings. The molecule has 0 heterocycles. The van der Waals surface area contributed by atoms with Gasteiger partial charge in [0.1, 0.15) is 12.4 Å². The van der Waals surface area contributed by atoms with Crippen molar-refractivity contribution in [1.82, 2.24) is 0 Å². The van der Waals surface area contributed by atoms with Crippen LogP contribution in [-0.2, 0) is 25.0 Å². The molecule has 10 nitrogen and oxygen atoms in total. The lowest BCUT2D eigenvalue weighted by Crippen LogP contribution is -2.15. The van der Waals surface area contributed by atoms with Gasteiger partial charge in [-0.05, 0) is 18.2 Å². The highest BCUT2D eigenvalue weighted by Crippen LogP contribution is 2.16. The standard InChI is InChI=1S/C10H10O10S2/c11-9(12)6-3-7(5-8(4-6)22(17,18)19)10(13)20-1-2-21(14,15)16/h3-5H,1-2H2,(H,11,12)(H,14,15,16)(H,17,18,19). The Labute approximate surface area is 124 Å². The second-order valence-electron chi connectivity index (χ2n) is 3.95. The SMILES string of the molecule is O=C(O)c1cc(C(=O)OCCS(=O)(=O)O)cc(S(=O)(=O)O)c1. The fraction of sp³-hybridized carbons (Fsp3) is 0.200. The van der Waals surface area contributed by atoms with Gasteiger partial charge in [-0.15, -0.1) is 0 Å². The van der Waals surface area contributed by atoms with Crippen LogP contribution in [0.25, 0.3) is 0 Å². The van der Waals surface area contributed by atoms with Gasteiger partial charge in [0.25, 0.3) is 20.2 Å². The number of rotatable bonds is 6. The summed E-state index contributed by atoms with van der Waals surface area (Å²) in [6.07, 6.45) is 0. The molecular formula is C10H10O10S2. The fourth-order valence-electron chi connectivity index (χ4n) is 1.31. The number of carbonyl (C=O) groups excluding carboxylic acids is 1. The maximum absolute atomic E-state index is 11.6. The molecule has 0 fully saturated rings. The summed E-state index contributed by atoms with van der Waals surface area (Å²) in [5.74, 6) is -3.67. The lowest BCUT2D eigenvalue weighted by molar-refractivity contribution is 0.0528. The quantitative estimate of drug-likeness (QED) is 0.453. The minimum atomic E-state index is -4.77. The zero-order valence-corrected chi connectivity index (χ0v) is 12.3. The highest BCUT2D eigenvalue weighted by atomic mass is 32.2. The van der Waals surface area contributed by atoms with E-state index in [0.29, 0.717) is 12.1 Å². The van der Waals surface area contributed by atoms with Gasteiger partial charge < -0.3 is 9.84 Å². The number of ether oxygens (including phenoxy) is 1. The zero-order valence-electron chi connectivity index (χ0n) is 10.7. The average Bonchev–Trinajstić information content (AvgIpc) is 2.35. The molecule has 0 aliphatic rings. The number of benzene rings is 1. The van der Waals surface area contributed by atoms with Crippen LogP contribution in [0.3, 0.4) is 0 Å². The van der Waals surface area contributed by atoms with Crippen molar-refractivity contribution in [2.45, 2.75) is 4.90 Å². The number of hydrogen-bond acceptors (Lipinski definition) is 7. The lowest BCUT2D eigenvalue weighted by atomic mass is 10.1. The second-order valence-corrected chi connectivity index (χ2v) is 6.94. The Hall–Kier alpha value is -2.02. The molecular weight excluding hydrogens is 344 g/mol. The Bertz CT molecular complexity index is 806. The van der Waals surface area contributed by atoms with E-state index in [1.165, 1.54) is 0 Å². The van der Waals surface area contributed by atoms with Crippen LogP contribution in [-0.4, -0.2) is 55.3 Å². The fourth-order valence-corrected chi connectivity index (χ4v) is 2.16. The predicted molar refractivity (Wildman–Crippen MR) is 69.9 cm³/mol. The van der Waals surface area contributed by atoms with Gasteiger partial charge in [-0.3, -0.25) is 9.11 Å². The van der Waals surface area contributed by atoms with Crippen molar-refractivity contribution in [1.29, 1.82) is 0 Å². The molecule has 0 unspecified atom stereocenters. The van der Waals surface area contributed by atoms with Crippen molar-refractivity contribution in [2.75, 3.05) is 12.4 Å². The third-order valence-electron chi connectivity index (χ3n) is 2.26. The Morgan fingerprint density at radius 1 is 1.00 bits per heavy atom. The maximum Gasteiger partial charge on any atom is 0.338 e. The summed E-state index contributed by atoms with van der Waals surface area (Å²) in [5.41, 5.74) is -1.13.